The van der Waals surface area contributed by atoms with E-state index in [1.807, 2.05) is 30.5 Å². The molecule has 0 unspecified atom stereocenters. The number of nitrogen functional groups attached to an aromatic ring is 1. The van der Waals surface area contributed by atoms with E-state index in [2.05, 4.69) is 30.4 Å². The normalized spacial score (nSPS) is 16.8. The first-order valence-corrected chi connectivity index (χ1v) is 10.9. The van der Waals surface area contributed by atoms with Gasteiger partial charge in [-0.15, -0.1) is 0 Å². The number of nitrogens with one attached hydrogen (secondary N) is 2. The summed E-state index contributed by atoms with van der Waals surface area (Å²) in [5, 5.41) is 6.75. The van der Waals surface area contributed by atoms with E-state index in [0.29, 0.717) is 30.8 Å². The fourth-order valence-electron chi connectivity index (χ4n) is 3.80. The Morgan fingerprint density at radius 1 is 0.906 bits per heavy atom. The molecule has 5 heterocycles. The average molecular weight is 434 g/mol. The summed E-state index contributed by atoms with van der Waals surface area (Å²) in [5.41, 5.74) is 8.29. The van der Waals surface area contributed by atoms with Crippen molar-refractivity contribution in [2.24, 2.45) is 0 Å². The van der Waals surface area contributed by atoms with E-state index in [-0.39, 0.29) is 0 Å². The fourth-order valence-corrected chi connectivity index (χ4v) is 3.80. The van der Waals surface area contributed by atoms with Crippen LogP contribution in [0.4, 0.5) is 29.1 Å². The predicted octanol–water partition coefficient (Wildman–Crippen LogP) is 1.51. The van der Waals surface area contributed by atoms with Crippen molar-refractivity contribution in [3.63, 3.8) is 0 Å². The summed E-state index contributed by atoms with van der Waals surface area (Å²) in [5.74, 6) is 2.83. The molecular formula is C22H27N9O. The number of morpholine rings is 1. The van der Waals surface area contributed by atoms with Gasteiger partial charge in [0, 0.05) is 57.1 Å². The molecule has 3 aromatic rings. The van der Waals surface area contributed by atoms with E-state index < -0.39 is 0 Å². The zero-order chi connectivity index (χ0) is 21.8. The van der Waals surface area contributed by atoms with Crippen molar-refractivity contribution in [3.05, 3.63) is 42.7 Å². The van der Waals surface area contributed by atoms with E-state index in [1.165, 1.54) is 0 Å². The number of ether oxygens (including phenoxy) is 1. The SMILES string of the molecule is Nc1ccc(-c2cc(Nc3ccc(N4CCNCC4)nc3)nc(N3CCOCC3)n2)cn1. The molecule has 0 aromatic carbocycles. The van der Waals surface area contributed by atoms with Gasteiger partial charge in [-0.1, -0.05) is 0 Å². The van der Waals surface area contributed by atoms with Crippen LogP contribution in [0.3, 0.4) is 0 Å². The van der Waals surface area contributed by atoms with Crippen LogP contribution in [0.25, 0.3) is 11.3 Å². The molecule has 0 amide bonds. The lowest BCUT2D eigenvalue weighted by molar-refractivity contribution is 0.122. The molecule has 2 saturated heterocycles. The van der Waals surface area contributed by atoms with Crippen LogP contribution in [-0.4, -0.2) is 72.4 Å². The number of hydrogen-bond acceptors (Lipinski definition) is 10. The molecule has 10 heteroatoms. The lowest BCUT2D eigenvalue weighted by Gasteiger charge is -2.28. The van der Waals surface area contributed by atoms with E-state index in [9.17, 15) is 0 Å². The Morgan fingerprint density at radius 3 is 2.47 bits per heavy atom. The second-order valence-electron chi connectivity index (χ2n) is 7.78. The molecule has 3 aromatic heterocycles. The minimum absolute atomic E-state index is 0.477. The average Bonchev–Trinajstić information content (AvgIpc) is 2.86. The highest BCUT2D eigenvalue weighted by atomic mass is 16.5. The minimum Gasteiger partial charge on any atom is -0.384 e. The molecule has 2 aliphatic heterocycles. The quantitative estimate of drug-likeness (QED) is 0.546. The minimum atomic E-state index is 0.477. The highest BCUT2D eigenvalue weighted by molar-refractivity contribution is 5.68. The molecule has 166 valence electrons. The van der Waals surface area contributed by atoms with Crippen LogP contribution in [0, 0.1) is 0 Å². The third-order valence-corrected chi connectivity index (χ3v) is 5.55. The van der Waals surface area contributed by atoms with E-state index in [0.717, 1.165) is 62.0 Å². The molecular weight excluding hydrogens is 406 g/mol. The Balaban J connectivity index is 1.41. The molecule has 5 rings (SSSR count). The van der Waals surface area contributed by atoms with Crippen molar-refractivity contribution >= 4 is 29.1 Å². The van der Waals surface area contributed by atoms with E-state index in [4.69, 9.17) is 20.4 Å². The molecule has 0 aliphatic carbocycles. The summed E-state index contributed by atoms with van der Waals surface area (Å²) in [6.07, 6.45) is 3.58. The first-order chi connectivity index (χ1) is 15.7. The molecule has 10 nitrogen and oxygen atoms in total. The maximum absolute atomic E-state index is 5.76. The van der Waals surface area contributed by atoms with Crippen molar-refractivity contribution in [2.75, 3.05) is 73.3 Å². The van der Waals surface area contributed by atoms with Crippen molar-refractivity contribution in [1.29, 1.82) is 0 Å². The maximum Gasteiger partial charge on any atom is 0.228 e. The van der Waals surface area contributed by atoms with Crippen molar-refractivity contribution < 1.29 is 4.74 Å². The van der Waals surface area contributed by atoms with E-state index >= 15 is 0 Å². The van der Waals surface area contributed by atoms with Gasteiger partial charge in [0.05, 0.1) is 30.8 Å². The summed E-state index contributed by atoms with van der Waals surface area (Å²) in [6.45, 7) is 6.73. The van der Waals surface area contributed by atoms with Crippen LogP contribution in [0.15, 0.2) is 42.7 Å². The van der Waals surface area contributed by atoms with Crippen LogP contribution in [0.5, 0.6) is 0 Å². The highest BCUT2D eigenvalue weighted by Crippen LogP contribution is 2.26. The Hall–Kier alpha value is -3.50. The number of rotatable bonds is 5. The molecule has 0 atom stereocenters. The zero-order valence-corrected chi connectivity index (χ0v) is 17.9. The Bertz CT molecular complexity index is 1030. The number of aromatic nitrogens is 4. The Labute approximate surface area is 186 Å². The second kappa shape index (κ2) is 9.33. The first-order valence-electron chi connectivity index (χ1n) is 10.9. The van der Waals surface area contributed by atoms with Crippen molar-refractivity contribution in [2.45, 2.75) is 0 Å². The summed E-state index contributed by atoms with van der Waals surface area (Å²) < 4.78 is 5.48. The standard InChI is InChI=1S/C22H27N9O/c23-19-3-1-16(14-25-19)18-13-20(29-22(28-18)31-9-11-32-12-10-31)27-17-2-4-21(26-15-17)30-7-5-24-6-8-30/h1-4,13-15,24H,5-12H2,(H2,23,25)(H,27,28,29). The van der Waals surface area contributed by atoms with Gasteiger partial charge in [0.15, 0.2) is 0 Å². The molecule has 0 saturated carbocycles. The molecule has 0 spiro atoms. The molecule has 32 heavy (non-hydrogen) atoms. The van der Waals surface area contributed by atoms with Gasteiger partial charge in [-0.2, -0.15) is 4.98 Å². The number of piperazine rings is 1. The summed E-state index contributed by atoms with van der Waals surface area (Å²) in [4.78, 5) is 22.8. The smallest absolute Gasteiger partial charge is 0.228 e. The van der Waals surface area contributed by atoms with Gasteiger partial charge >= 0.3 is 0 Å². The van der Waals surface area contributed by atoms with Gasteiger partial charge in [-0.25, -0.2) is 15.0 Å². The number of pyridine rings is 2. The van der Waals surface area contributed by atoms with Gasteiger partial charge in [-0.05, 0) is 24.3 Å². The highest BCUT2D eigenvalue weighted by Gasteiger charge is 2.17. The largest absolute Gasteiger partial charge is 0.384 e. The van der Waals surface area contributed by atoms with Gasteiger partial charge in [0.1, 0.15) is 17.5 Å². The Morgan fingerprint density at radius 2 is 1.75 bits per heavy atom. The van der Waals surface area contributed by atoms with Gasteiger partial charge in [0.25, 0.3) is 0 Å². The third kappa shape index (κ3) is 4.71. The van der Waals surface area contributed by atoms with E-state index in [1.54, 1.807) is 12.3 Å². The molecule has 2 aliphatic rings. The van der Waals surface area contributed by atoms with Gasteiger partial charge < -0.3 is 30.9 Å². The van der Waals surface area contributed by atoms with Crippen LogP contribution >= 0.6 is 0 Å². The summed E-state index contributed by atoms with van der Waals surface area (Å²) in [7, 11) is 0. The first kappa shape index (κ1) is 20.4. The van der Waals surface area contributed by atoms with Crippen LogP contribution in [0.2, 0.25) is 0 Å². The van der Waals surface area contributed by atoms with Crippen LogP contribution in [0.1, 0.15) is 0 Å². The van der Waals surface area contributed by atoms with Crippen molar-refractivity contribution in [1.82, 2.24) is 25.3 Å². The number of nitrogens with two attached hydrogens (primary N) is 1. The third-order valence-electron chi connectivity index (χ3n) is 5.55. The van der Waals surface area contributed by atoms with Gasteiger partial charge in [-0.3, -0.25) is 0 Å². The summed E-state index contributed by atoms with van der Waals surface area (Å²) >= 11 is 0. The van der Waals surface area contributed by atoms with Crippen LogP contribution < -0.4 is 26.2 Å². The number of nitrogens with zero attached hydrogens (tertiary/aromatic N) is 6. The molecule has 0 radical (unpaired) electrons. The fraction of sp³-hybridized carbons (Fsp3) is 0.364. The molecule has 2 fully saturated rings. The Kier molecular flexibility index (Phi) is 5.95. The lowest BCUT2D eigenvalue weighted by Crippen LogP contribution is -2.43. The molecule has 0 bridgehead atoms. The summed E-state index contributed by atoms with van der Waals surface area (Å²) in [6, 6.07) is 9.69. The number of anilines is 5. The zero-order valence-electron chi connectivity index (χ0n) is 17.9. The maximum atomic E-state index is 5.76. The van der Waals surface area contributed by atoms with Crippen LogP contribution in [-0.2, 0) is 4.74 Å². The van der Waals surface area contributed by atoms with Crippen molar-refractivity contribution in [3.8, 4) is 11.3 Å². The lowest BCUT2D eigenvalue weighted by atomic mass is 10.2. The number of hydrogen-bond donors (Lipinski definition) is 3. The van der Waals surface area contributed by atoms with Gasteiger partial charge in [0.2, 0.25) is 5.95 Å². The molecule has 4 N–H and O–H groups in total. The topological polar surface area (TPSA) is 117 Å². The predicted molar refractivity (Wildman–Crippen MR) is 125 cm³/mol. The monoisotopic (exact) mass is 433 g/mol. The second-order valence-corrected chi connectivity index (χ2v) is 7.78.